The van der Waals surface area contributed by atoms with Crippen LogP contribution in [0.2, 0.25) is 0 Å². The maximum absolute atomic E-state index is 13.0. The van der Waals surface area contributed by atoms with E-state index in [2.05, 4.69) is 5.32 Å². The molecule has 0 spiro atoms. The van der Waals surface area contributed by atoms with Gasteiger partial charge in [0.15, 0.2) is 0 Å². The molecule has 2 aromatic rings. The molecule has 2 amide bonds. The van der Waals surface area contributed by atoms with Gasteiger partial charge < -0.3 is 20.5 Å². The summed E-state index contributed by atoms with van der Waals surface area (Å²) in [4.78, 5) is 36.4. The zero-order valence-corrected chi connectivity index (χ0v) is 18.9. The van der Waals surface area contributed by atoms with Crippen LogP contribution in [0.5, 0.6) is 0 Å². The fourth-order valence-electron chi connectivity index (χ4n) is 5.03. The van der Waals surface area contributed by atoms with Gasteiger partial charge in [-0.3, -0.25) is 4.79 Å². The third kappa shape index (κ3) is 4.69. The summed E-state index contributed by atoms with van der Waals surface area (Å²) in [5.41, 5.74) is 2.77. The van der Waals surface area contributed by atoms with Crippen LogP contribution in [-0.2, 0) is 14.3 Å². The van der Waals surface area contributed by atoms with E-state index in [0.29, 0.717) is 12.8 Å². The maximum atomic E-state index is 13.0. The number of rotatable bonds is 6. The van der Waals surface area contributed by atoms with Crippen LogP contribution in [0.15, 0.2) is 48.5 Å². The molecule has 0 radical (unpaired) electrons. The van der Waals surface area contributed by atoms with Crippen LogP contribution in [0.3, 0.4) is 0 Å². The molecule has 1 fully saturated rings. The van der Waals surface area contributed by atoms with E-state index in [9.17, 15) is 27.6 Å². The number of carboxylic acids is 1. The number of carboxylic acid groups (broad SMARTS) is 1. The molecule has 186 valence electrons. The van der Waals surface area contributed by atoms with E-state index in [-0.39, 0.29) is 18.9 Å². The summed E-state index contributed by atoms with van der Waals surface area (Å²) in [5.74, 6) is -3.45. The maximum Gasteiger partial charge on any atom is 0.419 e. The van der Waals surface area contributed by atoms with Gasteiger partial charge in [-0.05, 0) is 42.0 Å². The van der Waals surface area contributed by atoms with Crippen molar-refractivity contribution in [1.29, 1.82) is 0 Å². The summed E-state index contributed by atoms with van der Waals surface area (Å²) in [7, 11) is 0. The number of benzene rings is 2. The molecule has 1 saturated carbocycles. The Morgan fingerprint density at radius 1 is 1.09 bits per heavy atom. The van der Waals surface area contributed by atoms with Gasteiger partial charge in [0.2, 0.25) is 11.9 Å². The lowest BCUT2D eigenvalue weighted by molar-refractivity contribution is -0.183. The second-order valence-electron chi connectivity index (χ2n) is 9.12. The lowest BCUT2D eigenvalue weighted by atomic mass is 9.83. The minimum atomic E-state index is -5.15. The Morgan fingerprint density at radius 2 is 1.66 bits per heavy atom. The quantitative estimate of drug-likeness (QED) is 0.563. The van der Waals surface area contributed by atoms with Crippen molar-refractivity contribution in [3.63, 3.8) is 0 Å². The monoisotopic (exact) mass is 490 g/mol. The number of alkyl carbamates (subject to hydrolysis) is 1. The van der Waals surface area contributed by atoms with E-state index in [1.165, 1.54) is 6.92 Å². The van der Waals surface area contributed by atoms with Crippen molar-refractivity contribution >= 4 is 18.0 Å². The highest BCUT2D eigenvalue weighted by molar-refractivity contribution is 5.89. The number of carbonyl (C=O) groups is 3. The number of alkyl halides is 3. The van der Waals surface area contributed by atoms with E-state index in [0.717, 1.165) is 22.3 Å². The first-order chi connectivity index (χ1) is 16.5. The minimum Gasteiger partial charge on any atom is -0.479 e. The fourth-order valence-corrected chi connectivity index (χ4v) is 5.03. The second-order valence-corrected chi connectivity index (χ2v) is 9.12. The molecule has 35 heavy (non-hydrogen) atoms. The van der Waals surface area contributed by atoms with Crippen LogP contribution >= 0.6 is 0 Å². The predicted molar refractivity (Wildman–Crippen MR) is 120 cm³/mol. The fraction of sp³-hybridized carbons (Fsp3) is 0.400. The number of amides is 2. The number of halogens is 3. The third-order valence-corrected chi connectivity index (χ3v) is 6.96. The molecule has 4 rings (SSSR count). The molecule has 3 unspecified atom stereocenters. The molecule has 0 aromatic heterocycles. The van der Waals surface area contributed by atoms with Gasteiger partial charge in [0.25, 0.3) is 0 Å². The van der Waals surface area contributed by atoms with Crippen molar-refractivity contribution < 1.29 is 37.4 Å². The van der Waals surface area contributed by atoms with Crippen LogP contribution in [0.1, 0.15) is 43.2 Å². The SMILES string of the molecule is CC1(C(=O)NC(C(=O)O)C(F)(F)F)CCCC1NC(=O)OCC1c2ccccc2-c2ccccc21. The molecule has 2 aliphatic carbocycles. The van der Waals surface area contributed by atoms with Gasteiger partial charge in [-0.15, -0.1) is 0 Å². The van der Waals surface area contributed by atoms with Crippen molar-refractivity contribution in [3.05, 3.63) is 59.7 Å². The number of fused-ring (bicyclic) bond motifs is 3. The minimum absolute atomic E-state index is 0.0463. The summed E-state index contributed by atoms with van der Waals surface area (Å²) < 4.78 is 44.6. The molecular weight excluding hydrogens is 465 g/mol. The standard InChI is InChI=1S/C25H25F3N2O5/c1-24(22(33)30-20(21(31)32)25(26,27)28)12-6-11-19(24)29-23(34)35-13-18-16-9-4-2-7-14(16)15-8-3-5-10-17(15)18/h2-5,7-10,18-20H,6,11-13H2,1H3,(H,29,34)(H,30,33)(H,31,32). The van der Waals surface area contributed by atoms with Crippen molar-refractivity contribution in [2.75, 3.05) is 6.61 Å². The van der Waals surface area contributed by atoms with E-state index in [4.69, 9.17) is 9.84 Å². The van der Waals surface area contributed by atoms with Crippen molar-refractivity contribution in [2.45, 2.75) is 50.4 Å². The smallest absolute Gasteiger partial charge is 0.419 e. The molecule has 2 aromatic carbocycles. The molecule has 10 heteroatoms. The summed E-state index contributed by atoms with van der Waals surface area (Å²) in [6.45, 7) is 1.46. The first kappa shape index (κ1) is 24.6. The Labute approximate surface area is 199 Å². The van der Waals surface area contributed by atoms with Gasteiger partial charge >= 0.3 is 18.2 Å². The summed E-state index contributed by atoms with van der Waals surface area (Å²) in [6.07, 6.45) is -4.92. The lowest BCUT2D eigenvalue weighted by Gasteiger charge is -2.32. The number of hydrogen-bond acceptors (Lipinski definition) is 4. The highest BCUT2D eigenvalue weighted by Gasteiger charge is 2.52. The number of aliphatic carboxylic acids is 1. The lowest BCUT2D eigenvalue weighted by Crippen LogP contribution is -2.58. The predicted octanol–water partition coefficient (Wildman–Crippen LogP) is 4.22. The summed E-state index contributed by atoms with van der Waals surface area (Å²) in [6, 6.07) is 11.8. The van der Waals surface area contributed by atoms with E-state index >= 15 is 0 Å². The average molecular weight is 490 g/mol. The van der Waals surface area contributed by atoms with Gasteiger partial charge in [0.1, 0.15) is 6.61 Å². The van der Waals surface area contributed by atoms with E-state index in [1.54, 1.807) is 5.32 Å². The Morgan fingerprint density at radius 3 is 2.20 bits per heavy atom. The molecule has 3 N–H and O–H groups in total. The van der Waals surface area contributed by atoms with Crippen LogP contribution < -0.4 is 10.6 Å². The van der Waals surface area contributed by atoms with Gasteiger partial charge in [-0.25, -0.2) is 9.59 Å². The van der Waals surface area contributed by atoms with E-state index < -0.39 is 41.6 Å². The molecule has 0 bridgehead atoms. The molecule has 2 aliphatic rings. The zero-order valence-electron chi connectivity index (χ0n) is 18.9. The highest BCUT2D eigenvalue weighted by atomic mass is 19.4. The van der Waals surface area contributed by atoms with Crippen LogP contribution in [0.25, 0.3) is 11.1 Å². The Kier molecular flexibility index (Phi) is 6.48. The molecule has 3 atom stereocenters. The first-order valence-electron chi connectivity index (χ1n) is 11.2. The zero-order chi connectivity index (χ0) is 25.4. The number of nitrogens with one attached hydrogen (secondary N) is 2. The number of carbonyl (C=O) groups excluding carboxylic acids is 2. The Bertz CT molecular complexity index is 1110. The average Bonchev–Trinajstić information content (AvgIpc) is 3.33. The second kappa shape index (κ2) is 9.24. The molecule has 0 heterocycles. The highest BCUT2D eigenvalue weighted by Crippen LogP contribution is 2.44. The Balaban J connectivity index is 1.42. The van der Waals surface area contributed by atoms with E-state index in [1.807, 2.05) is 48.5 Å². The third-order valence-electron chi connectivity index (χ3n) is 6.96. The van der Waals surface area contributed by atoms with Gasteiger partial charge in [-0.2, -0.15) is 13.2 Å². The molecule has 7 nitrogen and oxygen atoms in total. The molecule has 0 aliphatic heterocycles. The van der Waals surface area contributed by atoms with Crippen molar-refractivity contribution in [1.82, 2.24) is 10.6 Å². The van der Waals surface area contributed by atoms with Gasteiger partial charge in [-0.1, -0.05) is 55.0 Å². The normalized spacial score (nSPS) is 22.1. The molecular formula is C25H25F3N2O5. The van der Waals surface area contributed by atoms with Gasteiger partial charge in [0.05, 0.1) is 5.41 Å². The van der Waals surface area contributed by atoms with Crippen molar-refractivity contribution in [2.24, 2.45) is 5.41 Å². The summed E-state index contributed by atoms with van der Waals surface area (Å²) >= 11 is 0. The first-order valence-corrected chi connectivity index (χ1v) is 11.2. The molecule has 0 saturated heterocycles. The number of hydrogen-bond donors (Lipinski definition) is 3. The van der Waals surface area contributed by atoms with Gasteiger partial charge in [0, 0.05) is 12.0 Å². The number of ether oxygens (including phenoxy) is 1. The van der Waals surface area contributed by atoms with Crippen LogP contribution in [-0.4, -0.2) is 47.9 Å². The Hall–Kier alpha value is -3.56. The van der Waals surface area contributed by atoms with Crippen LogP contribution in [0.4, 0.5) is 18.0 Å². The largest absolute Gasteiger partial charge is 0.479 e. The van der Waals surface area contributed by atoms with Crippen LogP contribution in [0, 0.1) is 5.41 Å². The van der Waals surface area contributed by atoms with Crippen molar-refractivity contribution in [3.8, 4) is 11.1 Å². The topological polar surface area (TPSA) is 105 Å². The summed E-state index contributed by atoms with van der Waals surface area (Å²) in [5, 5.41) is 13.1.